The summed E-state index contributed by atoms with van der Waals surface area (Å²) < 4.78 is 0. The molecule has 0 aliphatic carbocycles. The highest BCUT2D eigenvalue weighted by Crippen LogP contribution is 2.24. The maximum atomic E-state index is 12.2. The van der Waals surface area contributed by atoms with Crippen LogP contribution in [0.15, 0.2) is 55.2 Å². The molecule has 0 bridgehead atoms. The van der Waals surface area contributed by atoms with Crippen LogP contribution in [0.2, 0.25) is 0 Å². The largest absolute Gasteiger partial charge is 0.342 e. The molecule has 0 saturated heterocycles. The van der Waals surface area contributed by atoms with E-state index in [1.165, 1.54) is 12.4 Å². The summed E-state index contributed by atoms with van der Waals surface area (Å²) in [6.45, 7) is 1.57. The first-order valence-electron chi connectivity index (χ1n) is 8.84. The van der Waals surface area contributed by atoms with Gasteiger partial charge in [-0.15, -0.1) is 0 Å². The molecule has 144 valence electrons. The molecule has 2 amide bonds. The minimum Gasteiger partial charge on any atom is -0.342 e. The zero-order valence-corrected chi connectivity index (χ0v) is 15.5. The molecule has 0 saturated carbocycles. The lowest BCUT2D eigenvalue weighted by molar-refractivity contribution is -0.115. The van der Waals surface area contributed by atoms with E-state index in [1.54, 1.807) is 25.4 Å². The van der Waals surface area contributed by atoms with Crippen molar-refractivity contribution < 1.29 is 9.59 Å². The maximum absolute atomic E-state index is 12.2. The van der Waals surface area contributed by atoms with Gasteiger partial charge in [-0.05, 0) is 30.0 Å². The fraction of sp³-hybridized carbons (Fsp3) is 0.100. The Kier molecular flexibility index (Phi) is 4.93. The zero-order valence-electron chi connectivity index (χ0n) is 15.5. The predicted octanol–water partition coefficient (Wildman–Crippen LogP) is 2.09. The number of fused-ring (bicyclic) bond motifs is 1. The van der Waals surface area contributed by atoms with Crippen LogP contribution in [0.25, 0.3) is 21.9 Å². The molecule has 0 unspecified atom stereocenters. The van der Waals surface area contributed by atoms with Gasteiger partial charge in [0.15, 0.2) is 0 Å². The van der Waals surface area contributed by atoms with Crippen molar-refractivity contribution in [2.24, 2.45) is 0 Å². The Hall–Kier alpha value is -4.14. The number of hydrogen-bond acceptors (Lipinski definition) is 6. The van der Waals surface area contributed by atoms with E-state index in [-0.39, 0.29) is 12.2 Å². The molecule has 0 aliphatic rings. The minimum absolute atomic E-state index is 0.152. The fourth-order valence-corrected chi connectivity index (χ4v) is 2.75. The molecule has 3 heterocycles. The van der Waals surface area contributed by atoms with Gasteiger partial charge in [-0.2, -0.15) is 5.10 Å². The zero-order chi connectivity index (χ0) is 20.2. The van der Waals surface area contributed by atoms with Gasteiger partial charge in [0.1, 0.15) is 11.5 Å². The molecule has 0 spiro atoms. The standard InChI is InChI=1S/C20H17N7O2/c1-12-6-22-17(10-21-12)20(29)24-11-19(28)27-18-5-15-4-13(16-8-25-26-9-16)2-3-14(15)7-23-18/h2-10H,11H2,1H3,(H,24,29)(H,25,26)(H,23,27,28). The number of rotatable bonds is 5. The van der Waals surface area contributed by atoms with Gasteiger partial charge in [0.05, 0.1) is 24.6 Å². The third-order valence-electron chi connectivity index (χ3n) is 4.24. The average molecular weight is 387 g/mol. The van der Waals surface area contributed by atoms with Crippen LogP contribution >= 0.6 is 0 Å². The molecule has 0 fully saturated rings. The molecule has 9 heteroatoms. The van der Waals surface area contributed by atoms with Crippen molar-refractivity contribution in [3.63, 3.8) is 0 Å². The first-order valence-corrected chi connectivity index (χ1v) is 8.84. The number of pyridine rings is 1. The molecule has 0 aliphatic heterocycles. The molecule has 3 N–H and O–H groups in total. The van der Waals surface area contributed by atoms with Gasteiger partial charge in [0.25, 0.3) is 5.91 Å². The Balaban J connectivity index is 1.42. The molecule has 9 nitrogen and oxygen atoms in total. The van der Waals surface area contributed by atoms with Crippen LogP contribution in [-0.4, -0.2) is 43.5 Å². The van der Waals surface area contributed by atoms with Gasteiger partial charge >= 0.3 is 0 Å². The average Bonchev–Trinajstić information content (AvgIpc) is 3.27. The van der Waals surface area contributed by atoms with Gasteiger partial charge in [0.2, 0.25) is 5.91 Å². The number of nitrogens with one attached hydrogen (secondary N) is 3. The van der Waals surface area contributed by atoms with Gasteiger partial charge < -0.3 is 10.6 Å². The Labute approximate surface area is 165 Å². The number of carbonyl (C=O) groups is 2. The van der Waals surface area contributed by atoms with E-state index in [4.69, 9.17) is 0 Å². The van der Waals surface area contributed by atoms with Crippen molar-refractivity contribution in [1.29, 1.82) is 0 Å². The number of nitrogens with zero attached hydrogens (tertiary/aromatic N) is 4. The second kappa shape index (κ2) is 7.85. The molecule has 29 heavy (non-hydrogen) atoms. The number of amides is 2. The Morgan fingerprint density at radius 1 is 0.966 bits per heavy atom. The summed E-state index contributed by atoms with van der Waals surface area (Å²) in [5.41, 5.74) is 2.83. The summed E-state index contributed by atoms with van der Waals surface area (Å²) in [5.74, 6) is -0.462. The van der Waals surface area contributed by atoms with E-state index in [0.717, 1.165) is 21.9 Å². The topological polar surface area (TPSA) is 126 Å². The third-order valence-corrected chi connectivity index (χ3v) is 4.24. The lowest BCUT2D eigenvalue weighted by atomic mass is 10.1. The Bertz CT molecular complexity index is 1170. The summed E-state index contributed by atoms with van der Waals surface area (Å²) in [5, 5.41) is 13.8. The van der Waals surface area contributed by atoms with Crippen molar-refractivity contribution in [3.05, 3.63) is 66.6 Å². The van der Waals surface area contributed by atoms with Crippen molar-refractivity contribution in [1.82, 2.24) is 30.5 Å². The van der Waals surface area contributed by atoms with Crippen LogP contribution < -0.4 is 10.6 Å². The van der Waals surface area contributed by atoms with Gasteiger partial charge in [0, 0.05) is 29.5 Å². The number of anilines is 1. The molecule has 4 rings (SSSR count). The number of carbonyl (C=O) groups excluding carboxylic acids is 2. The molecule has 4 aromatic rings. The molecule has 0 radical (unpaired) electrons. The lowest BCUT2D eigenvalue weighted by Crippen LogP contribution is -2.33. The van der Waals surface area contributed by atoms with Crippen molar-refractivity contribution in [2.75, 3.05) is 11.9 Å². The van der Waals surface area contributed by atoms with Gasteiger partial charge in [-0.3, -0.25) is 19.7 Å². The first kappa shape index (κ1) is 18.2. The predicted molar refractivity (Wildman–Crippen MR) is 107 cm³/mol. The Morgan fingerprint density at radius 3 is 2.62 bits per heavy atom. The highest BCUT2D eigenvalue weighted by atomic mass is 16.2. The molecule has 3 aromatic heterocycles. The SMILES string of the molecule is Cc1cnc(C(=O)NCC(=O)Nc2cc3cc(-c4cn[nH]c4)ccc3cn2)cn1. The lowest BCUT2D eigenvalue weighted by Gasteiger charge is -2.08. The fourth-order valence-electron chi connectivity index (χ4n) is 2.75. The number of benzene rings is 1. The normalized spacial score (nSPS) is 10.7. The highest BCUT2D eigenvalue weighted by Gasteiger charge is 2.11. The van der Waals surface area contributed by atoms with Crippen LogP contribution in [0, 0.1) is 6.92 Å². The number of aromatic nitrogens is 5. The minimum atomic E-state index is -0.469. The van der Waals surface area contributed by atoms with Crippen LogP contribution in [0.5, 0.6) is 0 Å². The van der Waals surface area contributed by atoms with E-state index < -0.39 is 11.8 Å². The summed E-state index contributed by atoms with van der Waals surface area (Å²) >= 11 is 0. The number of hydrogen-bond donors (Lipinski definition) is 3. The molecular weight excluding hydrogens is 370 g/mol. The Morgan fingerprint density at radius 2 is 1.86 bits per heavy atom. The van der Waals surface area contributed by atoms with Crippen molar-refractivity contribution in [2.45, 2.75) is 6.92 Å². The van der Waals surface area contributed by atoms with E-state index in [1.807, 2.05) is 24.4 Å². The first-order chi connectivity index (χ1) is 14.1. The number of aromatic amines is 1. The maximum Gasteiger partial charge on any atom is 0.271 e. The van der Waals surface area contributed by atoms with E-state index >= 15 is 0 Å². The summed E-state index contributed by atoms with van der Waals surface area (Å²) in [7, 11) is 0. The smallest absolute Gasteiger partial charge is 0.271 e. The third kappa shape index (κ3) is 4.24. The molecule has 0 atom stereocenters. The van der Waals surface area contributed by atoms with Gasteiger partial charge in [-0.25, -0.2) is 9.97 Å². The second-order valence-electron chi connectivity index (χ2n) is 6.39. The number of H-pyrrole nitrogens is 1. The summed E-state index contributed by atoms with van der Waals surface area (Å²) in [6, 6.07) is 7.72. The van der Waals surface area contributed by atoms with Crippen molar-refractivity contribution in [3.8, 4) is 11.1 Å². The van der Waals surface area contributed by atoms with Crippen LogP contribution in [0.1, 0.15) is 16.2 Å². The molecule has 1 aromatic carbocycles. The van der Waals surface area contributed by atoms with Gasteiger partial charge in [-0.1, -0.05) is 12.1 Å². The van der Waals surface area contributed by atoms with Crippen LogP contribution in [0.3, 0.4) is 0 Å². The van der Waals surface area contributed by atoms with E-state index in [2.05, 4.69) is 35.8 Å². The van der Waals surface area contributed by atoms with E-state index in [9.17, 15) is 9.59 Å². The monoisotopic (exact) mass is 387 g/mol. The second-order valence-corrected chi connectivity index (χ2v) is 6.39. The number of aryl methyl sites for hydroxylation is 1. The van der Waals surface area contributed by atoms with Crippen molar-refractivity contribution >= 4 is 28.4 Å². The molecular formula is C20H17N7O2. The highest BCUT2D eigenvalue weighted by molar-refractivity contribution is 5.99. The van der Waals surface area contributed by atoms with Crippen LogP contribution in [-0.2, 0) is 4.79 Å². The summed E-state index contributed by atoms with van der Waals surface area (Å²) in [4.78, 5) is 36.4. The quantitative estimate of drug-likeness (QED) is 0.481. The summed E-state index contributed by atoms with van der Waals surface area (Å²) in [6.07, 6.45) is 8.10. The van der Waals surface area contributed by atoms with E-state index in [0.29, 0.717) is 11.5 Å². The van der Waals surface area contributed by atoms with Crippen LogP contribution in [0.4, 0.5) is 5.82 Å².